The van der Waals surface area contributed by atoms with Crippen LogP contribution in [0.2, 0.25) is 10.0 Å². The van der Waals surface area contributed by atoms with Gasteiger partial charge >= 0.3 is 0 Å². The maximum atomic E-state index is 12.9. The molecule has 24 heavy (non-hydrogen) atoms. The molecule has 3 nitrogen and oxygen atoms in total. The molecule has 2 aromatic rings. The van der Waals surface area contributed by atoms with Gasteiger partial charge in [0.1, 0.15) is 0 Å². The van der Waals surface area contributed by atoms with Crippen LogP contribution in [-0.4, -0.2) is 22.9 Å². The van der Waals surface area contributed by atoms with E-state index in [2.05, 4.69) is 4.99 Å². The summed E-state index contributed by atoms with van der Waals surface area (Å²) < 4.78 is 0. The van der Waals surface area contributed by atoms with Gasteiger partial charge in [0, 0.05) is 15.8 Å². The second-order valence-corrected chi connectivity index (χ2v) is 7.44. The number of aliphatic imine (C=N–C) groups is 1. The van der Waals surface area contributed by atoms with E-state index in [4.69, 9.17) is 23.2 Å². The molecule has 6 heteroatoms. The third kappa shape index (κ3) is 4.12. The number of rotatable bonds is 3. The first-order valence-corrected chi connectivity index (χ1v) is 9.30. The molecule has 0 spiro atoms. The molecule has 0 aromatic heterocycles. The molecule has 0 unspecified atom stereocenters. The Morgan fingerprint density at radius 2 is 1.71 bits per heavy atom. The Morgan fingerprint density at radius 3 is 2.25 bits per heavy atom. The molecule has 1 aliphatic heterocycles. The molecule has 0 aliphatic carbocycles. The van der Waals surface area contributed by atoms with Crippen LogP contribution in [0.3, 0.4) is 0 Å². The van der Waals surface area contributed by atoms with Crippen molar-refractivity contribution in [3.05, 3.63) is 64.1 Å². The van der Waals surface area contributed by atoms with E-state index in [1.807, 2.05) is 31.2 Å². The summed E-state index contributed by atoms with van der Waals surface area (Å²) in [6, 6.07) is 14.8. The zero-order chi connectivity index (χ0) is 17.1. The summed E-state index contributed by atoms with van der Waals surface area (Å²) in [6.45, 7) is 2.05. The first-order valence-electron chi connectivity index (χ1n) is 7.56. The highest BCUT2D eigenvalue weighted by Crippen LogP contribution is 2.27. The van der Waals surface area contributed by atoms with E-state index in [9.17, 15) is 4.79 Å². The zero-order valence-corrected chi connectivity index (χ0v) is 15.4. The minimum absolute atomic E-state index is 0.0278. The number of anilines is 1. The van der Waals surface area contributed by atoms with Crippen LogP contribution >= 0.6 is 35.0 Å². The lowest BCUT2D eigenvalue weighted by molar-refractivity contribution is -0.117. The average molecular weight is 379 g/mol. The van der Waals surface area contributed by atoms with Crippen molar-refractivity contribution in [3.63, 3.8) is 0 Å². The third-order valence-corrected chi connectivity index (χ3v) is 5.28. The number of thioether (sulfide) groups is 1. The van der Waals surface area contributed by atoms with E-state index in [0.29, 0.717) is 10.0 Å². The number of hydrogen-bond acceptors (Lipinski definition) is 3. The van der Waals surface area contributed by atoms with Crippen molar-refractivity contribution >= 4 is 51.7 Å². The van der Waals surface area contributed by atoms with Crippen LogP contribution in [0.25, 0.3) is 0 Å². The maximum Gasteiger partial charge on any atom is 0.237 e. The largest absolute Gasteiger partial charge is 0.274 e. The predicted molar refractivity (Wildman–Crippen MR) is 103 cm³/mol. The molecule has 124 valence electrons. The highest BCUT2D eigenvalue weighted by atomic mass is 35.5. The molecule has 0 N–H and O–H groups in total. The minimum Gasteiger partial charge on any atom is -0.274 e. The fraction of sp³-hybridized carbons (Fsp3) is 0.222. The number of halogens is 2. The van der Waals surface area contributed by atoms with E-state index in [0.717, 1.165) is 22.2 Å². The summed E-state index contributed by atoms with van der Waals surface area (Å²) in [7, 11) is 0. The first-order chi connectivity index (χ1) is 11.5. The van der Waals surface area contributed by atoms with Gasteiger partial charge in [-0.1, -0.05) is 47.1 Å². The lowest BCUT2D eigenvalue weighted by Crippen LogP contribution is -2.35. The van der Waals surface area contributed by atoms with Crippen molar-refractivity contribution in [2.24, 2.45) is 4.99 Å². The van der Waals surface area contributed by atoms with Gasteiger partial charge < -0.3 is 0 Å². The number of amidine groups is 1. The van der Waals surface area contributed by atoms with Gasteiger partial charge in [0.15, 0.2) is 5.17 Å². The molecule has 0 saturated heterocycles. The lowest BCUT2D eigenvalue weighted by Gasteiger charge is -2.22. The molecule has 0 bridgehead atoms. The van der Waals surface area contributed by atoms with Crippen LogP contribution in [0.4, 0.5) is 5.69 Å². The van der Waals surface area contributed by atoms with Gasteiger partial charge in [-0.15, -0.1) is 0 Å². The Bertz CT molecular complexity index is 760. The topological polar surface area (TPSA) is 32.7 Å². The number of carbonyl (C=O) groups is 1. The van der Waals surface area contributed by atoms with Crippen LogP contribution in [0.5, 0.6) is 0 Å². The number of carbonyl (C=O) groups excluding carboxylic acids is 1. The smallest absolute Gasteiger partial charge is 0.237 e. The van der Waals surface area contributed by atoms with Crippen molar-refractivity contribution < 1.29 is 4.79 Å². The molecule has 0 fully saturated rings. The normalized spacial score (nSPS) is 16.8. The third-order valence-electron chi connectivity index (χ3n) is 3.58. The van der Waals surface area contributed by atoms with Crippen molar-refractivity contribution in [2.45, 2.75) is 19.4 Å². The molecular formula is C18H16Cl2N2OS. The van der Waals surface area contributed by atoms with E-state index in [1.165, 1.54) is 0 Å². The number of nitrogens with zero attached hydrogens (tertiary/aromatic N) is 2. The predicted octanol–water partition coefficient (Wildman–Crippen LogP) is 5.06. The second-order valence-electron chi connectivity index (χ2n) is 5.58. The highest BCUT2D eigenvalue weighted by molar-refractivity contribution is 8.14. The fourth-order valence-corrected chi connectivity index (χ4v) is 3.70. The Morgan fingerprint density at radius 1 is 1.12 bits per heavy atom. The minimum atomic E-state index is -0.0278. The average Bonchev–Trinajstić information content (AvgIpc) is 2.98. The molecular weight excluding hydrogens is 363 g/mol. The van der Waals surface area contributed by atoms with Gasteiger partial charge in [-0.2, -0.15) is 0 Å². The molecule has 1 heterocycles. The molecule has 3 rings (SSSR count). The first kappa shape index (κ1) is 17.3. The van der Waals surface area contributed by atoms with Crippen LogP contribution < -0.4 is 4.90 Å². The molecule has 1 aliphatic rings. The Kier molecular flexibility index (Phi) is 5.49. The maximum absolute atomic E-state index is 12.9. The van der Waals surface area contributed by atoms with Crippen molar-refractivity contribution in [3.8, 4) is 0 Å². The van der Waals surface area contributed by atoms with Gasteiger partial charge in [-0.25, -0.2) is 0 Å². The van der Waals surface area contributed by atoms with Crippen molar-refractivity contribution in [1.82, 2.24) is 0 Å². The summed E-state index contributed by atoms with van der Waals surface area (Å²) in [5, 5.41) is 2.03. The van der Waals surface area contributed by atoms with Gasteiger partial charge in [-0.3, -0.25) is 14.7 Å². The summed E-state index contributed by atoms with van der Waals surface area (Å²) in [4.78, 5) is 19.2. The fourth-order valence-electron chi connectivity index (χ4n) is 2.39. The second kappa shape index (κ2) is 7.60. The monoisotopic (exact) mass is 378 g/mol. The van der Waals surface area contributed by atoms with E-state index in [-0.39, 0.29) is 18.4 Å². The van der Waals surface area contributed by atoms with Gasteiger partial charge in [0.25, 0.3) is 0 Å². The molecule has 2 aromatic carbocycles. The Balaban J connectivity index is 1.89. The molecule has 0 saturated carbocycles. The summed E-state index contributed by atoms with van der Waals surface area (Å²) in [5.74, 6) is 0.855. The molecule has 1 atom stereocenters. The lowest BCUT2D eigenvalue weighted by atomic mass is 10.1. The summed E-state index contributed by atoms with van der Waals surface area (Å²) >= 11 is 13.5. The number of benzene rings is 2. The highest BCUT2D eigenvalue weighted by Gasteiger charge is 2.26. The van der Waals surface area contributed by atoms with Crippen LogP contribution in [-0.2, 0) is 11.2 Å². The standard InChI is InChI=1S/C18H16Cl2N2OS/c1-12-11-24-18(21-12)22(16-8-6-15(20)7-9-16)17(23)10-13-2-4-14(19)5-3-13/h2-9,12H,10-11H2,1H3/t12-/m1/s1. The summed E-state index contributed by atoms with van der Waals surface area (Å²) in [6.07, 6.45) is 0.285. The van der Waals surface area contributed by atoms with Gasteiger partial charge in [0.2, 0.25) is 5.91 Å². The van der Waals surface area contributed by atoms with E-state index < -0.39 is 0 Å². The Labute approximate surface area is 155 Å². The van der Waals surface area contributed by atoms with Gasteiger partial charge in [0.05, 0.1) is 18.2 Å². The van der Waals surface area contributed by atoms with Crippen molar-refractivity contribution in [1.29, 1.82) is 0 Å². The quantitative estimate of drug-likeness (QED) is 0.747. The number of amides is 1. The molecule has 1 amide bonds. The van der Waals surface area contributed by atoms with Crippen LogP contribution in [0.1, 0.15) is 12.5 Å². The van der Waals surface area contributed by atoms with E-state index >= 15 is 0 Å². The van der Waals surface area contributed by atoms with Crippen LogP contribution in [0, 0.1) is 0 Å². The van der Waals surface area contributed by atoms with Gasteiger partial charge in [-0.05, 0) is 48.9 Å². The zero-order valence-electron chi connectivity index (χ0n) is 13.1. The van der Waals surface area contributed by atoms with Crippen LogP contribution in [0.15, 0.2) is 53.5 Å². The number of hydrogen-bond donors (Lipinski definition) is 0. The van der Waals surface area contributed by atoms with E-state index in [1.54, 1.807) is 40.9 Å². The van der Waals surface area contributed by atoms with Crippen molar-refractivity contribution in [2.75, 3.05) is 10.7 Å². The summed E-state index contributed by atoms with van der Waals surface area (Å²) in [5.41, 5.74) is 1.69. The molecule has 0 radical (unpaired) electrons. The SMILES string of the molecule is C[C@@H]1CSC(N(C(=O)Cc2ccc(Cl)cc2)c2ccc(Cl)cc2)=N1. The Hall–Kier alpha value is -1.49.